The fourth-order valence-corrected chi connectivity index (χ4v) is 4.58. The Bertz CT molecular complexity index is 1300. The van der Waals surface area contributed by atoms with E-state index in [1.165, 1.54) is 0 Å². The molecular formula is C28H28F2N2O4. The van der Waals surface area contributed by atoms with Crippen molar-refractivity contribution in [2.45, 2.75) is 44.8 Å². The van der Waals surface area contributed by atoms with Crippen molar-refractivity contribution >= 4 is 11.6 Å². The van der Waals surface area contributed by atoms with E-state index in [0.29, 0.717) is 47.0 Å². The molecule has 1 aromatic heterocycles. The highest BCUT2D eigenvalue weighted by atomic mass is 19.3. The van der Waals surface area contributed by atoms with E-state index in [1.807, 2.05) is 25.1 Å². The van der Waals surface area contributed by atoms with Crippen LogP contribution in [0.15, 0.2) is 54.6 Å². The first-order valence-electron chi connectivity index (χ1n) is 11.8. The van der Waals surface area contributed by atoms with Crippen molar-refractivity contribution in [3.05, 3.63) is 77.0 Å². The molecule has 188 valence electrons. The number of amides is 1. The third kappa shape index (κ3) is 4.35. The molecule has 8 heteroatoms. The van der Waals surface area contributed by atoms with E-state index in [0.717, 1.165) is 11.3 Å². The number of ether oxygens (including phenoxy) is 2. The highest BCUT2D eigenvalue weighted by Gasteiger charge is 2.40. The van der Waals surface area contributed by atoms with E-state index in [4.69, 9.17) is 14.5 Å². The molecule has 6 nitrogen and oxygen atoms in total. The molecule has 0 unspecified atom stereocenters. The van der Waals surface area contributed by atoms with E-state index in [9.17, 15) is 18.7 Å². The van der Waals surface area contributed by atoms with Crippen LogP contribution in [0.4, 0.5) is 14.5 Å². The average Bonchev–Trinajstić information content (AvgIpc) is 3.17. The summed E-state index contributed by atoms with van der Waals surface area (Å²) in [6.45, 7) is 5.95. The molecule has 0 spiro atoms. The summed E-state index contributed by atoms with van der Waals surface area (Å²) in [5.74, 6) is 0.126. The van der Waals surface area contributed by atoms with Crippen molar-refractivity contribution in [2.75, 3.05) is 24.7 Å². The van der Waals surface area contributed by atoms with E-state index >= 15 is 0 Å². The van der Waals surface area contributed by atoms with Gasteiger partial charge in [-0.25, -0.2) is 8.78 Å². The number of halogens is 2. The molecule has 1 saturated heterocycles. The number of pyridine rings is 1. The fourth-order valence-electron chi connectivity index (χ4n) is 4.58. The highest BCUT2D eigenvalue weighted by molar-refractivity contribution is 6.11. The van der Waals surface area contributed by atoms with Gasteiger partial charge < -0.3 is 19.5 Å². The van der Waals surface area contributed by atoms with Crippen LogP contribution in [0.1, 0.15) is 48.0 Å². The standard InChI is InChI=1S/C28H28F2N2O4/c1-27(2,34)17-8-10-18(11-9-17)32-13-21-20(26(32)33)12-23(28(3)15-35-16-28)31-25(21)19-6-4-5-7-22(19)36-14-24(29)30/h4-12,24,34H,13-16H2,1-3H3. The van der Waals surface area contributed by atoms with E-state index in [1.54, 1.807) is 55.1 Å². The van der Waals surface area contributed by atoms with Crippen LogP contribution in [0.3, 0.4) is 0 Å². The summed E-state index contributed by atoms with van der Waals surface area (Å²) < 4.78 is 36.7. The minimum atomic E-state index is -2.61. The molecule has 2 aliphatic heterocycles. The summed E-state index contributed by atoms with van der Waals surface area (Å²) in [4.78, 5) is 20.2. The number of hydrogen-bond acceptors (Lipinski definition) is 5. The van der Waals surface area contributed by atoms with Gasteiger partial charge in [0.2, 0.25) is 0 Å². The zero-order valence-electron chi connectivity index (χ0n) is 20.4. The number of carbonyl (C=O) groups excluding carboxylic acids is 1. The van der Waals surface area contributed by atoms with Crippen LogP contribution >= 0.6 is 0 Å². The third-order valence-corrected chi connectivity index (χ3v) is 6.77. The number of carbonyl (C=O) groups is 1. The van der Waals surface area contributed by atoms with Crippen molar-refractivity contribution in [1.82, 2.24) is 4.98 Å². The molecule has 0 radical (unpaired) electrons. The van der Waals surface area contributed by atoms with Crippen LogP contribution in [0.25, 0.3) is 11.3 Å². The topological polar surface area (TPSA) is 71.9 Å². The Hall–Kier alpha value is -3.36. The molecule has 36 heavy (non-hydrogen) atoms. The summed E-state index contributed by atoms with van der Waals surface area (Å²) in [6.07, 6.45) is -2.61. The Morgan fingerprint density at radius 3 is 2.44 bits per heavy atom. The Kier molecular flexibility index (Phi) is 6.04. The largest absolute Gasteiger partial charge is 0.487 e. The summed E-state index contributed by atoms with van der Waals surface area (Å²) in [5.41, 5.74) is 3.16. The number of nitrogens with zero attached hydrogens (tertiary/aromatic N) is 2. The maximum absolute atomic E-state index is 13.6. The van der Waals surface area contributed by atoms with E-state index < -0.39 is 18.6 Å². The maximum atomic E-state index is 13.6. The predicted octanol–water partition coefficient (Wildman–Crippen LogP) is 5.07. The van der Waals surface area contributed by atoms with Crippen molar-refractivity contribution in [3.63, 3.8) is 0 Å². The lowest BCUT2D eigenvalue weighted by Crippen LogP contribution is -2.44. The number of hydrogen-bond donors (Lipinski definition) is 1. The van der Waals surface area contributed by atoms with Crippen LogP contribution < -0.4 is 9.64 Å². The van der Waals surface area contributed by atoms with Gasteiger partial charge in [0.05, 0.1) is 42.2 Å². The number of fused-ring (bicyclic) bond motifs is 1. The van der Waals surface area contributed by atoms with Gasteiger partial charge in [-0.2, -0.15) is 0 Å². The van der Waals surface area contributed by atoms with Gasteiger partial charge in [-0.15, -0.1) is 0 Å². The molecule has 5 rings (SSSR count). The predicted molar refractivity (Wildman–Crippen MR) is 132 cm³/mol. The lowest BCUT2D eigenvalue weighted by molar-refractivity contribution is -0.0520. The molecule has 3 aromatic rings. The number of alkyl halides is 2. The minimum absolute atomic E-state index is 0.166. The number of benzene rings is 2. The second kappa shape index (κ2) is 8.94. The Morgan fingerprint density at radius 2 is 1.83 bits per heavy atom. The Labute approximate surface area is 208 Å². The minimum Gasteiger partial charge on any atom is -0.487 e. The molecular weight excluding hydrogens is 466 g/mol. The van der Waals surface area contributed by atoms with Crippen LogP contribution in [-0.2, 0) is 22.3 Å². The fraction of sp³-hybridized carbons (Fsp3) is 0.357. The third-order valence-electron chi connectivity index (χ3n) is 6.77. The van der Waals surface area contributed by atoms with Gasteiger partial charge in [0, 0.05) is 22.4 Å². The van der Waals surface area contributed by atoms with Crippen LogP contribution in [-0.4, -0.2) is 42.2 Å². The van der Waals surface area contributed by atoms with Gasteiger partial charge in [-0.3, -0.25) is 9.78 Å². The molecule has 2 aromatic carbocycles. The SMILES string of the molecule is CC(C)(O)c1ccc(N2Cc3c(cc(C4(C)COC4)nc3-c3ccccc3OCC(F)F)C2=O)cc1. The lowest BCUT2D eigenvalue weighted by atomic mass is 9.83. The summed E-state index contributed by atoms with van der Waals surface area (Å²) >= 11 is 0. The van der Waals surface area contributed by atoms with Gasteiger partial charge in [0.15, 0.2) is 0 Å². The molecule has 0 aliphatic carbocycles. The van der Waals surface area contributed by atoms with Crippen molar-refractivity contribution in [1.29, 1.82) is 0 Å². The molecule has 1 fully saturated rings. The van der Waals surface area contributed by atoms with Gasteiger partial charge in [-0.05, 0) is 56.7 Å². The average molecular weight is 495 g/mol. The van der Waals surface area contributed by atoms with Crippen LogP contribution in [0.2, 0.25) is 0 Å². The molecule has 0 bridgehead atoms. The van der Waals surface area contributed by atoms with Gasteiger partial charge in [0.25, 0.3) is 12.3 Å². The van der Waals surface area contributed by atoms with E-state index in [-0.39, 0.29) is 17.9 Å². The maximum Gasteiger partial charge on any atom is 0.272 e. The summed E-state index contributed by atoms with van der Waals surface area (Å²) in [5, 5.41) is 10.3. The first-order valence-corrected chi connectivity index (χ1v) is 11.8. The molecule has 2 aliphatic rings. The number of anilines is 1. The quantitative estimate of drug-likeness (QED) is 0.497. The highest BCUT2D eigenvalue weighted by Crippen LogP contribution is 2.41. The van der Waals surface area contributed by atoms with Gasteiger partial charge in [0.1, 0.15) is 12.4 Å². The molecule has 1 amide bonds. The second-order valence-electron chi connectivity index (χ2n) is 10.1. The Balaban J connectivity index is 1.60. The molecule has 3 heterocycles. The first-order chi connectivity index (χ1) is 17.1. The van der Waals surface area contributed by atoms with Crippen molar-refractivity contribution in [2.24, 2.45) is 0 Å². The van der Waals surface area contributed by atoms with Gasteiger partial charge >= 0.3 is 0 Å². The second-order valence-corrected chi connectivity index (χ2v) is 10.1. The summed E-state index contributed by atoms with van der Waals surface area (Å²) in [6, 6.07) is 16.0. The number of aliphatic hydroxyl groups is 1. The lowest BCUT2D eigenvalue weighted by Gasteiger charge is -2.38. The van der Waals surface area contributed by atoms with Gasteiger partial charge in [-0.1, -0.05) is 24.3 Å². The smallest absolute Gasteiger partial charge is 0.272 e. The molecule has 1 N–H and O–H groups in total. The number of rotatable bonds is 7. The number of para-hydroxylation sites is 1. The molecule has 0 saturated carbocycles. The van der Waals surface area contributed by atoms with Crippen molar-refractivity contribution in [3.8, 4) is 17.0 Å². The number of aromatic nitrogens is 1. The first kappa shape index (κ1) is 24.3. The monoisotopic (exact) mass is 494 g/mol. The van der Waals surface area contributed by atoms with Crippen molar-refractivity contribution < 1.29 is 28.2 Å². The van der Waals surface area contributed by atoms with Crippen LogP contribution in [0.5, 0.6) is 5.75 Å². The summed E-state index contributed by atoms with van der Waals surface area (Å²) in [7, 11) is 0. The van der Waals surface area contributed by atoms with Crippen LogP contribution in [0, 0.1) is 0 Å². The van der Waals surface area contributed by atoms with E-state index in [2.05, 4.69) is 0 Å². The molecule has 0 atom stereocenters. The zero-order valence-corrected chi connectivity index (χ0v) is 20.4. The Morgan fingerprint density at radius 1 is 1.14 bits per heavy atom. The normalized spacial score (nSPS) is 16.8. The zero-order chi connectivity index (χ0) is 25.7.